The van der Waals surface area contributed by atoms with E-state index in [2.05, 4.69) is 65.6 Å². The van der Waals surface area contributed by atoms with Crippen LogP contribution >= 0.6 is 0 Å². The summed E-state index contributed by atoms with van der Waals surface area (Å²) in [4.78, 5) is 2.21. The van der Waals surface area contributed by atoms with Gasteiger partial charge in [-0.2, -0.15) is 0 Å². The molecule has 3 heteroatoms. The van der Waals surface area contributed by atoms with Gasteiger partial charge in [-0.1, -0.05) is 97.1 Å². The van der Waals surface area contributed by atoms with Crippen LogP contribution in [0.4, 0.5) is 21.5 Å². The van der Waals surface area contributed by atoms with Crippen LogP contribution in [0.25, 0.3) is 16.8 Å². The van der Waals surface area contributed by atoms with Gasteiger partial charge in [0.1, 0.15) is 11.6 Å². The Balaban J connectivity index is 1.37. The second-order valence-electron chi connectivity index (χ2n) is 9.90. The summed E-state index contributed by atoms with van der Waals surface area (Å²) in [5, 5.41) is 2.24. The number of halogens is 1. The molecular weight excluding hydrogens is 493 g/mol. The molecule has 7 rings (SSSR count). The number of nitrogens with zero attached hydrogens (tertiary/aromatic N) is 1. The van der Waals surface area contributed by atoms with Crippen molar-refractivity contribution >= 4 is 33.9 Å². The largest absolute Gasteiger partial charge is 0.473 e. The van der Waals surface area contributed by atoms with Crippen molar-refractivity contribution in [2.75, 3.05) is 4.90 Å². The van der Waals surface area contributed by atoms with Crippen molar-refractivity contribution in [3.8, 4) is 5.75 Å². The predicted molar refractivity (Wildman–Crippen MR) is 162 cm³/mol. The lowest BCUT2D eigenvalue weighted by molar-refractivity contribution is 0.156. The normalized spacial score (nSPS) is 15.8. The molecule has 40 heavy (non-hydrogen) atoms. The first kappa shape index (κ1) is 23.9. The van der Waals surface area contributed by atoms with Crippen molar-refractivity contribution in [1.29, 1.82) is 0 Å². The highest BCUT2D eigenvalue weighted by Gasteiger charge is 2.39. The third-order valence-corrected chi connectivity index (χ3v) is 7.54. The highest BCUT2D eigenvalue weighted by Crippen LogP contribution is 2.45. The first-order valence-electron chi connectivity index (χ1n) is 13.4. The second kappa shape index (κ2) is 9.87. The number of ether oxygens (including phenoxy) is 1. The van der Waals surface area contributed by atoms with Crippen molar-refractivity contribution in [1.82, 2.24) is 0 Å². The first-order valence-corrected chi connectivity index (χ1v) is 13.4. The minimum absolute atomic E-state index is 0.310. The lowest BCUT2D eigenvalue weighted by atomic mass is 9.82. The molecule has 6 aromatic rings. The molecule has 1 heterocycles. The van der Waals surface area contributed by atoms with Crippen LogP contribution in [-0.4, -0.2) is 0 Å². The van der Waals surface area contributed by atoms with Crippen molar-refractivity contribution in [2.24, 2.45) is 0 Å². The summed E-state index contributed by atoms with van der Waals surface area (Å²) >= 11 is 0. The van der Waals surface area contributed by atoms with E-state index in [1.165, 1.54) is 6.07 Å². The molecule has 1 atom stereocenters. The smallest absolute Gasteiger partial charge is 0.180 e. The molecule has 2 nitrogen and oxygen atoms in total. The van der Waals surface area contributed by atoms with Crippen molar-refractivity contribution in [2.45, 2.75) is 5.60 Å². The van der Waals surface area contributed by atoms with E-state index in [1.807, 2.05) is 78.9 Å². The maximum absolute atomic E-state index is 15.5. The van der Waals surface area contributed by atoms with E-state index in [1.54, 1.807) is 12.1 Å². The molecule has 6 aromatic carbocycles. The fourth-order valence-electron chi connectivity index (χ4n) is 5.62. The van der Waals surface area contributed by atoms with Gasteiger partial charge in [-0.15, -0.1) is 0 Å². The Labute approximate surface area is 233 Å². The summed E-state index contributed by atoms with van der Waals surface area (Å²) < 4.78 is 22.3. The quantitative estimate of drug-likeness (QED) is 0.225. The van der Waals surface area contributed by atoms with Crippen molar-refractivity contribution in [3.63, 3.8) is 0 Å². The summed E-state index contributed by atoms with van der Waals surface area (Å²) in [7, 11) is 0. The number of anilines is 3. The van der Waals surface area contributed by atoms with E-state index in [-0.39, 0.29) is 5.82 Å². The Bertz CT molecular complexity index is 1790. The third kappa shape index (κ3) is 4.04. The van der Waals surface area contributed by atoms with Crippen LogP contribution in [0.5, 0.6) is 5.75 Å². The zero-order valence-corrected chi connectivity index (χ0v) is 21.7. The summed E-state index contributed by atoms with van der Waals surface area (Å²) in [6, 6.07) is 47.9. The number of benzene rings is 6. The highest BCUT2D eigenvalue weighted by atomic mass is 19.1. The van der Waals surface area contributed by atoms with E-state index in [4.69, 9.17) is 4.74 Å². The molecule has 1 unspecified atom stereocenters. The molecule has 1 aliphatic heterocycles. The maximum Gasteiger partial charge on any atom is 0.180 e. The molecule has 0 spiro atoms. The molecule has 0 aromatic heterocycles. The standard InChI is InChI=1S/C37H26FNO/c38-35-18-10-9-17-34(35)37(26-25-33-32-16-8-7-11-27(32)19-24-36(33)40-37)28-20-22-31(23-21-28)39(29-12-3-1-4-13-29)30-14-5-2-6-15-30/h1-26H. The SMILES string of the molecule is Fc1ccccc1C1(c2ccc(N(c3ccccc3)c3ccccc3)cc2)C=Cc2c(ccc3ccccc23)O1. The van der Waals surface area contributed by atoms with Gasteiger partial charge in [-0.05, 0) is 71.5 Å². The summed E-state index contributed by atoms with van der Waals surface area (Å²) in [6.07, 6.45) is 4.06. The first-order chi connectivity index (χ1) is 19.7. The van der Waals surface area contributed by atoms with E-state index in [0.29, 0.717) is 5.56 Å². The van der Waals surface area contributed by atoms with Gasteiger partial charge in [0.15, 0.2) is 5.60 Å². The number of fused-ring (bicyclic) bond motifs is 3. The fraction of sp³-hybridized carbons (Fsp3) is 0.0270. The number of hydrogen-bond donors (Lipinski definition) is 0. The Hall–Kier alpha value is -5.15. The Morgan fingerprint density at radius 2 is 1.15 bits per heavy atom. The van der Waals surface area contributed by atoms with Crippen LogP contribution in [0.1, 0.15) is 16.7 Å². The zero-order chi connectivity index (χ0) is 26.9. The van der Waals surface area contributed by atoms with Gasteiger partial charge < -0.3 is 9.64 Å². The third-order valence-electron chi connectivity index (χ3n) is 7.54. The average molecular weight is 520 g/mol. The van der Waals surface area contributed by atoms with Gasteiger partial charge in [-0.25, -0.2) is 4.39 Å². The van der Waals surface area contributed by atoms with Crippen LogP contribution < -0.4 is 9.64 Å². The molecule has 0 saturated heterocycles. The molecule has 0 aliphatic carbocycles. The lowest BCUT2D eigenvalue weighted by Crippen LogP contribution is -2.35. The summed E-state index contributed by atoms with van der Waals surface area (Å²) in [5.41, 5.74) is 4.30. The van der Waals surface area contributed by atoms with E-state index < -0.39 is 5.60 Å². The Morgan fingerprint density at radius 3 is 1.85 bits per heavy atom. The molecule has 0 fully saturated rings. The van der Waals surface area contributed by atoms with Gasteiger partial charge in [0.05, 0.1) is 0 Å². The molecule has 0 bridgehead atoms. The minimum Gasteiger partial charge on any atom is -0.473 e. The maximum atomic E-state index is 15.5. The molecule has 0 radical (unpaired) electrons. The average Bonchev–Trinajstić information content (AvgIpc) is 3.02. The second-order valence-corrected chi connectivity index (χ2v) is 9.90. The fourth-order valence-corrected chi connectivity index (χ4v) is 5.62. The Kier molecular flexibility index (Phi) is 5.90. The van der Waals surface area contributed by atoms with Gasteiger partial charge in [0.25, 0.3) is 0 Å². The van der Waals surface area contributed by atoms with Crippen LogP contribution in [0.15, 0.2) is 152 Å². The molecule has 0 saturated carbocycles. The molecular formula is C37H26FNO. The Morgan fingerprint density at radius 1 is 0.550 bits per heavy atom. The minimum atomic E-state index is -1.12. The van der Waals surface area contributed by atoms with Gasteiger partial charge >= 0.3 is 0 Å². The topological polar surface area (TPSA) is 12.5 Å². The van der Waals surface area contributed by atoms with Gasteiger partial charge in [-0.3, -0.25) is 0 Å². The van der Waals surface area contributed by atoms with Crippen LogP contribution in [0, 0.1) is 5.82 Å². The van der Waals surface area contributed by atoms with Gasteiger partial charge in [0.2, 0.25) is 0 Å². The summed E-state index contributed by atoms with van der Waals surface area (Å²) in [6.45, 7) is 0. The number of para-hydroxylation sites is 2. The lowest BCUT2D eigenvalue weighted by Gasteiger charge is -2.37. The van der Waals surface area contributed by atoms with Crippen LogP contribution in [-0.2, 0) is 5.60 Å². The van der Waals surface area contributed by atoms with E-state index >= 15 is 4.39 Å². The van der Waals surface area contributed by atoms with Gasteiger partial charge in [0, 0.05) is 33.8 Å². The molecule has 0 amide bonds. The summed E-state index contributed by atoms with van der Waals surface area (Å²) in [5.74, 6) is 0.416. The van der Waals surface area contributed by atoms with Crippen LogP contribution in [0.2, 0.25) is 0 Å². The van der Waals surface area contributed by atoms with Crippen molar-refractivity contribution in [3.05, 3.63) is 174 Å². The van der Waals surface area contributed by atoms with Crippen molar-refractivity contribution < 1.29 is 9.13 Å². The van der Waals surface area contributed by atoms with E-state index in [0.717, 1.165) is 44.7 Å². The zero-order valence-electron chi connectivity index (χ0n) is 21.7. The predicted octanol–water partition coefficient (Wildman–Crippen LogP) is 9.80. The monoisotopic (exact) mass is 519 g/mol. The molecule has 0 N–H and O–H groups in total. The van der Waals surface area contributed by atoms with E-state index in [9.17, 15) is 0 Å². The highest BCUT2D eigenvalue weighted by molar-refractivity contribution is 5.94. The number of hydrogen-bond acceptors (Lipinski definition) is 2. The molecule has 192 valence electrons. The molecule has 1 aliphatic rings. The van der Waals surface area contributed by atoms with Crippen LogP contribution in [0.3, 0.4) is 0 Å². The number of rotatable bonds is 5.